The number of benzene rings is 1. The summed E-state index contributed by atoms with van der Waals surface area (Å²) in [5.74, 6) is -3.34. The molecule has 0 aromatic heterocycles. The Morgan fingerprint density at radius 1 is 1.32 bits per heavy atom. The van der Waals surface area contributed by atoms with Crippen LogP contribution in [0.4, 0.5) is 0 Å². The first kappa shape index (κ1) is 15.2. The number of hydrogen-bond donors (Lipinski definition) is 0. The van der Waals surface area contributed by atoms with E-state index in [9.17, 15) is 23.4 Å². The summed E-state index contributed by atoms with van der Waals surface area (Å²) in [6.07, 6.45) is 1.27. The summed E-state index contributed by atoms with van der Waals surface area (Å²) < 4.78 is 40.0. The van der Waals surface area contributed by atoms with Crippen LogP contribution in [0.5, 0.6) is 0 Å². The van der Waals surface area contributed by atoms with Crippen LogP contribution in [0.1, 0.15) is 38.6 Å². The quantitative estimate of drug-likeness (QED) is 0.312. The number of carbonyl (C=O) groups is 4. The zero-order valence-corrected chi connectivity index (χ0v) is 15.6. The maximum atomic E-state index is 13.4. The fraction of sp³-hybridized carbons (Fsp3) is 0.368. The third kappa shape index (κ3) is 2.19. The number of rotatable bonds is 4. The van der Waals surface area contributed by atoms with Crippen molar-refractivity contribution < 1.29 is 32.2 Å². The Bertz CT molecular complexity index is 1040. The van der Waals surface area contributed by atoms with Crippen molar-refractivity contribution in [3.05, 3.63) is 48.0 Å². The summed E-state index contributed by atoms with van der Waals surface area (Å²) in [5.41, 5.74) is 0.200. The normalized spacial score (nSPS) is 35.5. The molecule has 2 fully saturated rings. The van der Waals surface area contributed by atoms with Gasteiger partial charge in [0.15, 0.2) is 6.04 Å². The Kier molecular flexibility index (Phi) is 3.30. The van der Waals surface area contributed by atoms with E-state index in [2.05, 4.69) is 6.58 Å². The molecule has 1 aromatic rings. The molecule has 4 rings (SSSR count). The molecule has 0 radical (unpaired) electrons. The van der Waals surface area contributed by atoms with Gasteiger partial charge in [0.1, 0.15) is 18.0 Å². The lowest BCUT2D eigenvalue weighted by atomic mass is 9.95. The summed E-state index contributed by atoms with van der Waals surface area (Å²) in [6.45, 7) is 1.41. The van der Waals surface area contributed by atoms with Crippen LogP contribution in [-0.4, -0.2) is 66.5 Å². The number of β-lactam (4-membered cyclic amide) rings is 1. The van der Waals surface area contributed by atoms with Gasteiger partial charge in [0.25, 0.3) is 17.7 Å². The average Bonchev–Trinajstić information content (AvgIpc) is 3.09. The monoisotopic (exact) mass is 405 g/mol. The standard InChI is InChI=1S/C19H18N2O6S/c1-4-9-27-18(25)13-19(2,3)28(26)17-12(16(24)21(13)17)20-14(22)10-7-5-6-8-11(10)15(20)23/h4-8,12-13,17H,1,9H2,2-3H3/t12-,13+,17-,28?/m1/s1/i2D3/t12-,13+,17-,19?,28?. The van der Waals surface area contributed by atoms with Gasteiger partial charge in [0.2, 0.25) is 0 Å². The van der Waals surface area contributed by atoms with Gasteiger partial charge >= 0.3 is 5.97 Å². The first-order valence-electron chi connectivity index (χ1n) is 9.95. The Morgan fingerprint density at radius 2 is 1.93 bits per heavy atom. The second kappa shape index (κ2) is 6.10. The Hall–Kier alpha value is -2.81. The van der Waals surface area contributed by atoms with Crippen LogP contribution in [0.15, 0.2) is 36.9 Å². The second-order valence-corrected chi connectivity index (χ2v) is 8.76. The van der Waals surface area contributed by atoms with E-state index in [1.54, 1.807) is 12.1 Å². The van der Waals surface area contributed by atoms with E-state index in [4.69, 9.17) is 8.85 Å². The average molecular weight is 405 g/mol. The molecule has 0 N–H and O–H groups in total. The van der Waals surface area contributed by atoms with Gasteiger partial charge in [-0.2, -0.15) is 0 Å². The molecular weight excluding hydrogens is 384 g/mol. The van der Waals surface area contributed by atoms with E-state index in [0.29, 0.717) is 4.90 Å². The van der Waals surface area contributed by atoms with Crippen molar-refractivity contribution in [1.82, 2.24) is 9.80 Å². The molecule has 0 bridgehead atoms. The van der Waals surface area contributed by atoms with Gasteiger partial charge < -0.3 is 9.64 Å². The minimum absolute atomic E-state index is 0.100. The maximum Gasteiger partial charge on any atom is 0.330 e. The van der Waals surface area contributed by atoms with Gasteiger partial charge in [-0.3, -0.25) is 23.5 Å². The zero-order valence-electron chi connectivity index (χ0n) is 17.8. The summed E-state index contributed by atoms with van der Waals surface area (Å²) in [7, 11) is -2.31. The number of ether oxygens (including phenoxy) is 1. The van der Waals surface area contributed by atoms with Gasteiger partial charge in [-0.05, 0) is 25.9 Å². The Labute approximate surface area is 167 Å². The highest BCUT2D eigenvalue weighted by Crippen LogP contribution is 2.46. The van der Waals surface area contributed by atoms with E-state index in [0.717, 1.165) is 11.8 Å². The zero-order chi connectivity index (χ0) is 22.9. The fourth-order valence-corrected chi connectivity index (χ4v) is 5.68. The highest BCUT2D eigenvalue weighted by molar-refractivity contribution is 7.87. The van der Waals surface area contributed by atoms with Gasteiger partial charge in [0.05, 0.1) is 26.7 Å². The molecular formula is C19H18N2O6S. The van der Waals surface area contributed by atoms with Crippen LogP contribution < -0.4 is 0 Å². The number of nitrogens with zero attached hydrogens (tertiary/aromatic N) is 2. The molecule has 1 aromatic carbocycles. The second-order valence-electron chi connectivity index (χ2n) is 6.83. The predicted octanol–water partition coefficient (Wildman–Crippen LogP) is 0.458. The van der Waals surface area contributed by atoms with Gasteiger partial charge in [0, 0.05) is 4.11 Å². The van der Waals surface area contributed by atoms with Crippen LogP contribution in [0, 0.1) is 0 Å². The number of esters is 1. The molecule has 5 atom stereocenters. The maximum absolute atomic E-state index is 13.4. The number of imide groups is 1. The van der Waals surface area contributed by atoms with Crippen LogP contribution in [-0.2, 0) is 25.1 Å². The molecule has 3 aliphatic heterocycles. The van der Waals surface area contributed by atoms with Crippen LogP contribution >= 0.6 is 0 Å². The van der Waals surface area contributed by atoms with E-state index in [1.807, 2.05) is 0 Å². The van der Waals surface area contributed by atoms with E-state index >= 15 is 0 Å². The van der Waals surface area contributed by atoms with Gasteiger partial charge in [-0.15, -0.1) is 0 Å². The van der Waals surface area contributed by atoms with Gasteiger partial charge in [-0.25, -0.2) is 4.79 Å². The number of fused-ring (bicyclic) bond motifs is 2. The Morgan fingerprint density at radius 3 is 2.46 bits per heavy atom. The summed E-state index contributed by atoms with van der Waals surface area (Å²) in [4.78, 5) is 53.0. The molecule has 3 aliphatic rings. The van der Waals surface area contributed by atoms with Crippen molar-refractivity contribution in [3.63, 3.8) is 0 Å². The minimum atomic E-state index is -2.90. The number of hydrogen-bond acceptors (Lipinski definition) is 6. The molecule has 9 heteroatoms. The summed E-state index contributed by atoms with van der Waals surface area (Å²) in [6, 6.07) is 2.87. The van der Waals surface area contributed by atoms with Crippen molar-refractivity contribution in [1.29, 1.82) is 0 Å². The molecule has 2 unspecified atom stereocenters. The van der Waals surface area contributed by atoms with Crippen molar-refractivity contribution in [2.75, 3.05) is 6.61 Å². The third-order valence-electron chi connectivity index (χ3n) is 5.16. The van der Waals surface area contributed by atoms with Crippen LogP contribution in [0.2, 0.25) is 0 Å². The highest BCUT2D eigenvalue weighted by atomic mass is 32.2. The fourth-order valence-electron chi connectivity index (χ4n) is 3.85. The lowest BCUT2D eigenvalue weighted by molar-refractivity contribution is -0.165. The molecule has 146 valence electrons. The van der Waals surface area contributed by atoms with Crippen LogP contribution in [0.25, 0.3) is 0 Å². The van der Waals surface area contributed by atoms with Crippen molar-refractivity contribution in [2.45, 2.75) is 36.0 Å². The molecule has 0 aliphatic carbocycles. The highest BCUT2D eigenvalue weighted by Gasteiger charge is 2.71. The molecule has 3 amide bonds. The lowest BCUT2D eigenvalue weighted by Crippen LogP contribution is -2.72. The SMILES string of the molecule is [2H]C([2H])([2H])C1(C)[C@H](C(=O)OCC=C)N2C(=O)[C@@H](N3C(=O)c4ccccc4C3=O)[C@H]2S1=O. The Balaban J connectivity index is 1.75. The lowest BCUT2D eigenvalue weighted by Gasteiger charge is -2.46. The van der Waals surface area contributed by atoms with E-state index < -0.39 is 63.5 Å². The van der Waals surface area contributed by atoms with Crippen LogP contribution in [0.3, 0.4) is 0 Å². The largest absolute Gasteiger partial charge is 0.460 e. The predicted molar refractivity (Wildman–Crippen MR) is 98.5 cm³/mol. The number of amides is 3. The molecule has 28 heavy (non-hydrogen) atoms. The summed E-state index contributed by atoms with van der Waals surface area (Å²) in [5, 5.41) is -1.33. The van der Waals surface area contributed by atoms with E-state index in [-0.39, 0.29) is 17.7 Å². The third-order valence-corrected chi connectivity index (χ3v) is 7.14. The first-order chi connectivity index (χ1) is 14.5. The minimum Gasteiger partial charge on any atom is -0.460 e. The first-order valence-corrected chi connectivity index (χ1v) is 9.67. The topological polar surface area (TPSA) is 101 Å². The van der Waals surface area contributed by atoms with Crippen molar-refractivity contribution in [2.24, 2.45) is 0 Å². The van der Waals surface area contributed by atoms with Crippen molar-refractivity contribution >= 4 is 34.5 Å². The van der Waals surface area contributed by atoms with Gasteiger partial charge in [-0.1, -0.05) is 24.8 Å². The van der Waals surface area contributed by atoms with Crippen molar-refractivity contribution in [3.8, 4) is 0 Å². The molecule has 0 saturated carbocycles. The molecule has 8 nitrogen and oxygen atoms in total. The number of carbonyl (C=O) groups excluding carboxylic acids is 4. The molecule has 0 spiro atoms. The molecule has 3 heterocycles. The molecule has 2 saturated heterocycles. The van der Waals surface area contributed by atoms with E-state index in [1.165, 1.54) is 18.2 Å². The smallest absolute Gasteiger partial charge is 0.330 e. The summed E-state index contributed by atoms with van der Waals surface area (Å²) >= 11 is 0.